The number of fused-ring (bicyclic) bond motifs is 1. The predicted molar refractivity (Wildman–Crippen MR) is 64.8 cm³/mol. The second kappa shape index (κ2) is 4.10. The Kier molecular flexibility index (Phi) is 2.45. The molecule has 0 aliphatic carbocycles. The van der Waals surface area contributed by atoms with Crippen molar-refractivity contribution in [3.63, 3.8) is 0 Å². The zero-order valence-electron chi connectivity index (χ0n) is 9.57. The van der Waals surface area contributed by atoms with Crippen LogP contribution in [0, 0.1) is 6.92 Å². The molecule has 0 aromatic carbocycles. The van der Waals surface area contributed by atoms with Crippen molar-refractivity contribution >= 4 is 11.6 Å². The largest absolute Gasteiger partial charge is 0.323 e. The molecule has 2 aromatic rings. The van der Waals surface area contributed by atoms with Gasteiger partial charge < -0.3 is 10.6 Å². The molecule has 0 radical (unpaired) electrons. The third kappa shape index (κ3) is 1.97. The van der Waals surface area contributed by atoms with Crippen LogP contribution in [0.3, 0.4) is 0 Å². The molecule has 0 saturated heterocycles. The fourth-order valence-electron chi connectivity index (χ4n) is 1.86. The van der Waals surface area contributed by atoms with Crippen LogP contribution in [-0.4, -0.2) is 15.0 Å². The molecule has 3 heterocycles. The van der Waals surface area contributed by atoms with Gasteiger partial charge in [0.2, 0.25) is 5.95 Å². The van der Waals surface area contributed by atoms with E-state index in [0.717, 1.165) is 30.2 Å². The maximum atomic E-state index is 4.48. The van der Waals surface area contributed by atoms with Crippen molar-refractivity contribution in [2.75, 3.05) is 5.32 Å². The van der Waals surface area contributed by atoms with Gasteiger partial charge in [-0.15, -0.1) is 0 Å². The number of anilines is 2. The van der Waals surface area contributed by atoms with E-state index in [-0.39, 0.29) is 0 Å². The van der Waals surface area contributed by atoms with Crippen molar-refractivity contribution in [2.24, 2.45) is 0 Å². The average Bonchev–Trinajstić information content (AvgIpc) is 2.79. The van der Waals surface area contributed by atoms with Crippen LogP contribution in [0.5, 0.6) is 0 Å². The summed E-state index contributed by atoms with van der Waals surface area (Å²) < 4.78 is 0. The maximum Gasteiger partial charge on any atom is 0.227 e. The highest BCUT2D eigenvalue weighted by Gasteiger charge is 2.12. The van der Waals surface area contributed by atoms with Crippen molar-refractivity contribution in [2.45, 2.75) is 20.0 Å². The average molecular weight is 227 g/mol. The molecular formula is C12H13N5. The Morgan fingerprint density at radius 2 is 2.24 bits per heavy atom. The van der Waals surface area contributed by atoms with Gasteiger partial charge in [0.25, 0.3) is 0 Å². The van der Waals surface area contributed by atoms with Gasteiger partial charge >= 0.3 is 0 Å². The minimum atomic E-state index is 0.628. The van der Waals surface area contributed by atoms with Gasteiger partial charge in [0.15, 0.2) is 0 Å². The monoisotopic (exact) mass is 227 g/mol. The highest BCUT2D eigenvalue weighted by molar-refractivity contribution is 5.55. The summed E-state index contributed by atoms with van der Waals surface area (Å²) in [6.07, 6.45) is 3.64. The molecule has 0 saturated carbocycles. The van der Waals surface area contributed by atoms with Crippen LogP contribution in [0.25, 0.3) is 0 Å². The Morgan fingerprint density at radius 3 is 3.12 bits per heavy atom. The van der Waals surface area contributed by atoms with Gasteiger partial charge in [-0.1, -0.05) is 0 Å². The third-order valence-electron chi connectivity index (χ3n) is 2.82. The number of nitrogens with one attached hydrogen (secondary N) is 2. The van der Waals surface area contributed by atoms with E-state index in [9.17, 15) is 0 Å². The summed E-state index contributed by atoms with van der Waals surface area (Å²) in [5.41, 5.74) is 4.13. The normalized spacial score (nSPS) is 13.5. The molecule has 0 bridgehead atoms. The molecule has 2 N–H and O–H groups in total. The Balaban J connectivity index is 1.89. The number of aryl methyl sites for hydroxylation is 1. The minimum Gasteiger partial charge on any atom is -0.323 e. The zero-order valence-corrected chi connectivity index (χ0v) is 9.57. The van der Waals surface area contributed by atoms with Gasteiger partial charge in [-0.2, -0.15) is 0 Å². The molecule has 86 valence electrons. The fraction of sp³-hybridized carbons (Fsp3) is 0.250. The Bertz CT molecular complexity index is 552. The number of hydrogen-bond donors (Lipinski definition) is 2. The first-order valence-electron chi connectivity index (χ1n) is 5.57. The quantitative estimate of drug-likeness (QED) is 0.814. The molecular weight excluding hydrogens is 214 g/mol. The van der Waals surface area contributed by atoms with Crippen molar-refractivity contribution < 1.29 is 0 Å². The highest BCUT2D eigenvalue weighted by atomic mass is 15.1. The molecule has 0 atom stereocenters. The first-order chi connectivity index (χ1) is 8.33. The van der Waals surface area contributed by atoms with E-state index in [2.05, 4.69) is 25.6 Å². The van der Waals surface area contributed by atoms with E-state index in [4.69, 9.17) is 0 Å². The predicted octanol–water partition coefficient (Wildman–Crippen LogP) is 1.53. The lowest BCUT2D eigenvalue weighted by atomic mass is 10.3. The van der Waals surface area contributed by atoms with Crippen LogP contribution >= 0.6 is 0 Å². The molecule has 2 aromatic heterocycles. The zero-order chi connectivity index (χ0) is 11.7. The first kappa shape index (κ1) is 10.2. The number of aromatic nitrogens is 3. The Morgan fingerprint density at radius 1 is 1.29 bits per heavy atom. The Labute approximate surface area is 99.3 Å². The molecule has 0 unspecified atom stereocenters. The van der Waals surface area contributed by atoms with E-state index < -0.39 is 0 Å². The molecule has 3 rings (SSSR count). The molecule has 1 aliphatic heterocycles. The number of nitrogens with zero attached hydrogens (tertiary/aromatic N) is 3. The highest BCUT2D eigenvalue weighted by Crippen LogP contribution is 2.18. The van der Waals surface area contributed by atoms with E-state index in [1.165, 1.54) is 5.56 Å². The molecule has 17 heavy (non-hydrogen) atoms. The van der Waals surface area contributed by atoms with Crippen LogP contribution < -0.4 is 10.6 Å². The van der Waals surface area contributed by atoms with Crippen LogP contribution in [0.15, 0.2) is 24.5 Å². The number of hydrogen-bond acceptors (Lipinski definition) is 5. The maximum absolute atomic E-state index is 4.48. The lowest BCUT2D eigenvalue weighted by Gasteiger charge is -2.07. The second-order valence-electron chi connectivity index (χ2n) is 4.03. The standard InChI is InChI=1S/C12H13N5/c1-8-10(3-2-4-14-8)16-12-15-6-9-5-13-7-11(9)17-12/h2-4,6,13H,5,7H2,1H3,(H,15,16,17). The van der Waals surface area contributed by atoms with E-state index >= 15 is 0 Å². The van der Waals surface area contributed by atoms with Crippen LogP contribution in [0.2, 0.25) is 0 Å². The summed E-state index contributed by atoms with van der Waals surface area (Å²) in [7, 11) is 0. The summed E-state index contributed by atoms with van der Waals surface area (Å²) >= 11 is 0. The molecule has 0 amide bonds. The first-order valence-corrected chi connectivity index (χ1v) is 5.57. The van der Waals surface area contributed by atoms with Gasteiger partial charge in [0.05, 0.1) is 17.1 Å². The summed E-state index contributed by atoms with van der Waals surface area (Å²) in [6, 6.07) is 3.86. The van der Waals surface area contributed by atoms with Gasteiger partial charge in [-0.25, -0.2) is 9.97 Å². The van der Waals surface area contributed by atoms with E-state index in [1.54, 1.807) is 6.20 Å². The SMILES string of the molecule is Cc1ncccc1Nc1ncc2c(n1)CNC2. The minimum absolute atomic E-state index is 0.628. The number of pyridine rings is 1. The summed E-state index contributed by atoms with van der Waals surface area (Å²) in [5, 5.41) is 6.44. The molecule has 5 nitrogen and oxygen atoms in total. The van der Waals surface area contributed by atoms with Crippen LogP contribution in [-0.2, 0) is 13.1 Å². The van der Waals surface area contributed by atoms with Gasteiger partial charge in [-0.3, -0.25) is 4.98 Å². The third-order valence-corrected chi connectivity index (χ3v) is 2.82. The van der Waals surface area contributed by atoms with Gasteiger partial charge in [0, 0.05) is 31.0 Å². The topological polar surface area (TPSA) is 62.7 Å². The lowest BCUT2D eigenvalue weighted by molar-refractivity contribution is 0.758. The van der Waals surface area contributed by atoms with E-state index in [0.29, 0.717) is 5.95 Å². The van der Waals surface area contributed by atoms with Gasteiger partial charge in [0.1, 0.15) is 0 Å². The molecule has 1 aliphatic rings. The second-order valence-corrected chi connectivity index (χ2v) is 4.03. The lowest BCUT2D eigenvalue weighted by Crippen LogP contribution is -2.02. The van der Waals surface area contributed by atoms with Gasteiger partial charge in [-0.05, 0) is 19.1 Å². The fourth-order valence-corrected chi connectivity index (χ4v) is 1.86. The van der Waals surface area contributed by atoms with E-state index in [1.807, 2.05) is 25.3 Å². The van der Waals surface area contributed by atoms with Crippen LogP contribution in [0.4, 0.5) is 11.6 Å². The van der Waals surface area contributed by atoms with Crippen molar-refractivity contribution in [3.8, 4) is 0 Å². The Hall–Kier alpha value is -2.01. The summed E-state index contributed by atoms with van der Waals surface area (Å²) in [4.78, 5) is 13.0. The number of rotatable bonds is 2. The van der Waals surface area contributed by atoms with Crippen molar-refractivity contribution in [1.29, 1.82) is 0 Å². The smallest absolute Gasteiger partial charge is 0.227 e. The summed E-state index contributed by atoms with van der Waals surface area (Å²) in [5.74, 6) is 0.628. The molecule has 0 spiro atoms. The van der Waals surface area contributed by atoms with Crippen molar-refractivity contribution in [1.82, 2.24) is 20.3 Å². The molecule has 5 heteroatoms. The summed E-state index contributed by atoms with van der Waals surface area (Å²) in [6.45, 7) is 3.64. The van der Waals surface area contributed by atoms with Crippen molar-refractivity contribution in [3.05, 3.63) is 41.5 Å². The van der Waals surface area contributed by atoms with Crippen LogP contribution in [0.1, 0.15) is 17.0 Å². The molecule has 0 fully saturated rings.